The number of ether oxygens (including phenoxy) is 2. The van der Waals surface area contributed by atoms with Gasteiger partial charge in [0.1, 0.15) is 0 Å². The molecule has 0 saturated carbocycles. The highest BCUT2D eigenvalue weighted by Gasteiger charge is 2.18. The molecule has 1 aliphatic rings. The highest BCUT2D eigenvalue weighted by Crippen LogP contribution is 2.33. The first-order valence-electron chi connectivity index (χ1n) is 6.57. The SMILES string of the molecule is CCc1nnc2n1NC(c1ccc(OC)c(OC)c1)=CS2. The first kappa shape index (κ1) is 13.8. The van der Waals surface area contributed by atoms with E-state index in [1.165, 1.54) is 0 Å². The molecule has 2 heterocycles. The Labute approximate surface area is 127 Å². The molecule has 1 N–H and O–H groups in total. The molecule has 21 heavy (non-hydrogen) atoms. The van der Waals surface area contributed by atoms with Crippen LogP contribution in [-0.2, 0) is 6.42 Å². The van der Waals surface area contributed by atoms with Crippen molar-refractivity contribution in [2.24, 2.45) is 0 Å². The minimum atomic E-state index is 0.702. The Morgan fingerprint density at radius 3 is 2.71 bits per heavy atom. The maximum Gasteiger partial charge on any atom is 0.214 e. The van der Waals surface area contributed by atoms with E-state index >= 15 is 0 Å². The second-order valence-electron chi connectivity index (χ2n) is 4.42. The summed E-state index contributed by atoms with van der Waals surface area (Å²) in [6.07, 6.45) is 0.819. The van der Waals surface area contributed by atoms with Crippen molar-refractivity contribution in [1.82, 2.24) is 14.9 Å². The van der Waals surface area contributed by atoms with E-state index in [0.29, 0.717) is 11.5 Å². The van der Waals surface area contributed by atoms with Gasteiger partial charge in [-0.1, -0.05) is 18.7 Å². The normalized spacial score (nSPS) is 13.2. The largest absolute Gasteiger partial charge is 0.493 e. The van der Waals surface area contributed by atoms with E-state index in [-0.39, 0.29) is 0 Å². The van der Waals surface area contributed by atoms with Gasteiger partial charge in [0, 0.05) is 17.4 Å². The molecule has 0 unspecified atom stereocenters. The number of nitrogens with one attached hydrogen (secondary N) is 1. The molecule has 1 aromatic carbocycles. The van der Waals surface area contributed by atoms with Crippen molar-refractivity contribution in [1.29, 1.82) is 0 Å². The summed E-state index contributed by atoms with van der Waals surface area (Å²) in [6.45, 7) is 2.05. The van der Waals surface area contributed by atoms with Gasteiger partial charge in [0.25, 0.3) is 0 Å². The van der Waals surface area contributed by atoms with Gasteiger partial charge >= 0.3 is 0 Å². The predicted molar refractivity (Wildman–Crippen MR) is 82.1 cm³/mol. The second-order valence-corrected chi connectivity index (χ2v) is 5.26. The van der Waals surface area contributed by atoms with Gasteiger partial charge in [-0.15, -0.1) is 10.2 Å². The van der Waals surface area contributed by atoms with Gasteiger partial charge in [-0.2, -0.15) is 0 Å². The van der Waals surface area contributed by atoms with Gasteiger partial charge in [0.2, 0.25) is 5.16 Å². The summed E-state index contributed by atoms with van der Waals surface area (Å²) in [7, 11) is 3.26. The minimum absolute atomic E-state index is 0.702. The monoisotopic (exact) mass is 304 g/mol. The van der Waals surface area contributed by atoms with Gasteiger partial charge in [-0.05, 0) is 18.2 Å². The van der Waals surface area contributed by atoms with Crippen molar-refractivity contribution < 1.29 is 9.47 Å². The third-order valence-electron chi connectivity index (χ3n) is 3.23. The average molecular weight is 304 g/mol. The van der Waals surface area contributed by atoms with Crippen molar-refractivity contribution in [2.75, 3.05) is 19.6 Å². The van der Waals surface area contributed by atoms with Crippen molar-refractivity contribution in [3.63, 3.8) is 0 Å². The Morgan fingerprint density at radius 2 is 2.00 bits per heavy atom. The third-order valence-corrected chi connectivity index (χ3v) is 4.05. The minimum Gasteiger partial charge on any atom is -0.493 e. The lowest BCUT2D eigenvalue weighted by atomic mass is 10.1. The Balaban J connectivity index is 1.93. The quantitative estimate of drug-likeness (QED) is 0.936. The lowest BCUT2D eigenvalue weighted by Crippen LogP contribution is -2.19. The van der Waals surface area contributed by atoms with E-state index in [1.807, 2.05) is 28.3 Å². The number of hydrogen-bond donors (Lipinski definition) is 1. The van der Waals surface area contributed by atoms with E-state index in [4.69, 9.17) is 9.47 Å². The number of thioether (sulfide) groups is 1. The average Bonchev–Trinajstić information content (AvgIpc) is 2.96. The first-order chi connectivity index (χ1) is 10.3. The summed E-state index contributed by atoms with van der Waals surface area (Å²) in [5.74, 6) is 2.32. The molecule has 7 heteroatoms. The van der Waals surface area contributed by atoms with E-state index in [2.05, 4.69) is 22.5 Å². The van der Waals surface area contributed by atoms with Crippen molar-refractivity contribution in [2.45, 2.75) is 18.5 Å². The van der Waals surface area contributed by atoms with Crippen LogP contribution in [0.15, 0.2) is 28.8 Å². The van der Waals surface area contributed by atoms with E-state index in [9.17, 15) is 0 Å². The number of hydrogen-bond acceptors (Lipinski definition) is 6. The van der Waals surface area contributed by atoms with Crippen LogP contribution < -0.4 is 14.9 Å². The molecule has 0 bridgehead atoms. The molecule has 0 fully saturated rings. The van der Waals surface area contributed by atoms with Crippen molar-refractivity contribution in [3.8, 4) is 11.5 Å². The van der Waals surface area contributed by atoms with Crippen molar-refractivity contribution in [3.05, 3.63) is 35.0 Å². The molecule has 0 atom stereocenters. The van der Waals surface area contributed by atoms with Crippen LogP contribution in [0.25, 0.3) is 5.70 Å². The molecule has 6 nitrogen and oxygen atoms in total. The molecule has 0 spiro atoms. The van der Waals surface area contributed by atoms with Crippen LogP contribution in [0.1, 0.15) is 18.3 Å². The van der Waals surface area contributed by atoms with E-state index in [1.54, 1.807) is 26.0 Å². The molecule has 0 saturated heterocycles. The Kier molecular flexibility index (Phi) is 3.74. The summed E-state index contributed by atoms with van der Waals surface area (Å²) in [5.41, 5.74) is 5.33. The van der Waals surface area contributed by atoms with Crippen molar-refractivity contribution >= 4 is 17.5 Å². The standard InChI is InChI=1S/C14H16N4O2S/c1-4-13-15-16-14-18(13)17-10(8-21-14)9-5-6-11(19-2)12(7-9)20-3/h5-8,17H,4H2,1-3H3. The molecule has 0 amide bonds. The highest BCUT2D eigenvalue weighted by atomic mass is 32.2. The fourth-order valence-corrected chi connectivity index (χ4v) is 2.87. The summed E-state index contributed by atoms with van der Waals surface area (Å²) in [5, 5.41) is 11.2. The zero-order valence-corrected chi connectivity index (χ0v) is 12.9. The van der Waals surface area contributed by atoms with Crippen LogP contribution in [0.5, 0.6) is 11.5 Å². The predicted octanol–water partition coefficient (Wildman–Crippen LogP) is 2.51. The Morgan fingerprint density at radius 1 is 1.19 bits per heavy atom. The smallest absolute Gasteiger partial charge is 0.214 e. The molecule has 110 valence electrons. The molecular formula is C14H16N4O2S. The van der Waals surface area contributed by atoms with Crippen LogP contribution in [0, 0.1) is 0 Å². The number of benzene rings is 1. The molecule has 1 aromatic heterocycles. The van der Waals surface area contributed by atoms with E-state index in [0.717, 1.165) is 28.7 Å². The Bertz CT molecular complexity index is 696. The summed E-state index contributed by atoms with van der Waals surface area (Å²) in [6, 6.07) is 5.82. The number of aryl methyl sites for hydroxylation is 1. The molecule has 2 aromatic rings. The maximum absolute atomic E-state index is 5.35. The molecule has 1 aliphatic heterocycles. The van der Waals surface area contributed by atoms with Gasteiger partial charge < -0.3 is 9.47 Å². The highest BCUT2D eigenvalue weighted by molar-refractivity contribution is 8.02. The lowest BCUT2D eigenvalue weighted by Gasteiger charge is -2.19. The zero-order chi connectivity index (χ0) is 14.8. The number of fused-ring (bicyclic) bond motifs is 1. The fourth-order valence-electron chi connectivity index (χ4n) is 2.11. The molecular weight excluding hydrogens is 288 g/mol. The van der Waals surface area contributed by atoms with Gasteiger partial charge in [-0.25, -0.2) is 4.68 Å². The topological polar surface area (TPSA) is 61.2 Å². The lowest BCUT2D eigenvalue weighted by molar-refractivity contribution is 0.355. The number of rotatable bonds is 4. The van der Waals surface area contributed by atoms with E-state index < -0.39 is 0 Å². The molecule has 0 aliphatic carbocycles. The number of methoxy groups -OCH3 is 2. The third kappa shape index (κ3) is 2.44. The van der Waals surface area contributed by atoms with Crippen LogP contribution >= 0.6 is 11.8 Å². The molecule has 3 rings (SSSR count). The number of nitrogens with zero attached hydrogens (tertiary/aromatic N) is 3. The molecule has 0 radical (unpaired) electrons. The van der Waals surface area contributed by atoms with Gasteiger partial charge in [0.15, 0.2) is 17.3 Å². The summed E-state index contributed by atoms with van der Waals surface area (Å²) in [4.78, 5) is 0. The van der Waals surface area contributed by atoms with Crippen LogP contribution in [-0.4, -0.2) is 29.1 Å². The maximum atomic E-state index is 5.35. The zero-order valence-electron chi connectivity index (χ0n) is 12.1. The Hall–Kier alpha value is -2.15. The van der Waals surface area contributed by atoms with Crippen LogP contribution in [0.4, 0.5) is 0 Å². The summed E-state index contributed by atoms with van der Waals surface area (Å²) >= 11 is 1.54. The fraction of sp³-hybridized carbons (Fsp3) is 0.286. The number of aromatic nitrogens is 3. The second kappa shape index (κ2) is 5.69. The van der Waals surface area contributed by atoms with Gasteiger partial charge in [-0.3, -0.25) is 5.43 Å². The van der Waals surface area contributed by atoms with Gasteiger partial charge in [0.05, 0.1) is 19.9 Å². The first-order valence-corrected chi connectivity index (χ1v) is 7.45. The van der Waals surface area contributed by atoms with Crippen LogP contribution in [0.2, 0.25) is 0 Å². The van der Waals surface area contributed by atoms with Crippen LogP contribution in [0.3, 0.4) is 0 Å². The summed E-state index contributed by atoms with van der Waals surface area (Å²) < 4.78 is 12.5.